The minimum absolute atomic E-state index is 0.0543. The van der Waals surface area contributed by atoms with Crippen LogP contribution in [0, 0.1) is 0 Å². The summed E-state index contributed by atoms with van der Waals surface area (Å²) in [5.74, 6) is 0.0543. The van der Waals surface area contributed by atoms with Crippen molar-refractivity contribution in [1.82, 2.24) is 5.32 Å². The standard InChI is InChI=1S/C16H17N3O2S/c20-14(17-12-7-8-12)10-11-3-5-13(6-4-11)18-16(21)19-15-2-1-9-22-15/h1-6,9,12H,7-8,10H2,(H,17,20)(H2,18,19,21). The molecule has 22 heavy (non-hydrogen) atoms. The molecule has 3 rings (SSSR count). The van der Waals surface area contributed by atoms with Crippen LogP contribution < -0.4 is 16.0 Å². The van der Waals surface area contributed by atoms with Gasteiger partial charge in [0.25, 0.3) is 0 Å². The summed E-state index contributed by atoms with van der Waals surface area (Å²) >= 11 is 1.46. The second-order valence-electron chi connectivity index (χ2n) is 5.27. The first-order chi connectivity index (χ1) is 10.7. The summed E-state index contributed by atoms with van der Waals surface area (Å²) in [7, 11) is 0. The minimum Gasteiger partial charge on any atom is -0.353 e. The number of carbonyl (C=O) groups excluding carboxylic acids is 2. The van der Waals surface area contributed by atoms with Gasteiger partial charge in [0.15, 0.2) is 0 Å². The lowest BCUT2D eigenvalue weighted by molar-refractivity contribution is -0.120. The van der Waals surface area contributed by atoms with E-state index in [-0.39, 0.29) is 11.9 Å². The fourth-order valence-electron chi connectivity index (χ4n) is 2.02. The van der Waals surface area contributed by atoms with E-state index in [9.17, 15) is 9.59 Å². The number of thiophene rings is 1. The Morgan fingerprint density at radius 2 is 1.86 bits per heavy atom. The van der Waals surface area contributed by atoms with Crippen LogP contribution in [0.1, 0.15) is 18.4 Å². The van der Waals surface area contributed by atoms with Crippen LogP contribution in [0.3, 0.4) is 0 Å². The highest BCUT2D eigenvalue weighted by Gasteiger charge is 2.22. The topological polar surface area (TPSA) is 70.2 Å². The molecule has 0 atom stereocenters. The van der Waals surface area contributed by atoms with E-state index in [1.807, 2.05) is 29.6 Å². The predicted octanol–water partition coefficient (Wildman–Crippen LogP) is 3.21. The van der Waals surface area contributed by atoms with E-state index >= 15 is 0 Å². The van der Waals surface area contributed by atoms with Crippen molar-refractivity contribution in [2.45, 2.75) is 25.3 Å². The summed E-state index contributed by atoms with van der Waals surface area (Å²) in [4.78, 5) is 23.5. The van der Waals surface area contributed by atoms with E-state index in [1.165, 1.54) is 11.3 Å². The molecule has 1 fully saturated rings. The number of nitrogens with one attached hydrogen (secondary N) is 3. The summed E-state index contributed by atoms with van der Waals surface area (Å²) in [5, 5.41) is 11.2. The van der Waals surface area contributed by atoms with Crippen LogP contribution in [-0.2, 0) is 11.2 Å². The van der Waals surface area contributed by atoms with Crippen molar-refractivity contribution in [1.29, 1.82) is 0 Å². The molecule has 0 bridgehead atoms. The van der Waals surface area contributed by atoms with E-state index in [2.05, 4.69) is 16.0 Å². The quantitative estimate of drug-likeness (QED) is 0.793. The van der Waals surface area contributed by atoms with Gasteiger partial charge < -0.3 is 10.6 Å². The Morgan fingerprint density at radius 3 is 2.50 bits per heavy atom. The number of rotatable bonds is 5. The molecule has 0 spiro atoms. The Balaban J connectivity index is 1.50. The van der Waals surface area contributed by atoms with E-state index in [4.69, 9.17) is 0 Å². The van der Waals surface area contributed by atoms with Crippen molar-refractivity contribution in [2.75, 3.05) is 10.6 Å². The van der Waals surface area contributed by atoms with Gasteiger partial charge in [0.05, 0.1) is 11.4 Å². The highest BCUT2D eigenvalue weighted by atomic mass is 32.1. The molecule has 0 unspecified atom stereocenters. The third kappa shape index (κ3) is 4.33. The molecule has 3 N–H and O–H groups in total. The zero-order chi connectivity index (χ0) is 15.4. The van der Waals surface area contributed by atoms with Gasteiger partial charge in [-0.05, 0) is 48.1 Å². The number of anilines is 2. The van der Waals surface area contributed by atoms with Crippen molar-refractivity contribution in [2.24, 2.45) is 0 Å². The maximum absolute atomic E-state index is 11.8. The SMILES string of the molecule is O=C(Cc1ccc(NC(=O)Nc2cccs2)cc1)NC1CC1. The average Bonchev–Trinajstić information content (AvgIpc) is 3.14. The summed E-state index contributed by atoms with van der Waals surface area (Å²) in [6.45, 7) is 0. The molecule has 114 valence electrons. The number of carbonyl (C=O) groups is 2. The predicted molar refractivity (Wildman–Crippen MR) is 88.3 cm³/mol. The van der Waals surface area contributed by atoms with Crippen LogP contribution in [0.25, 0.3) is 0 Å². The summed E-state index contributed by atoms with van der Waals surface area (Å²) < 4.78 is 0. The number of hydrogen-bond donors (Lipinski definition) is 3. The minimum atomic E-state index is -0.276. The smallest absolute Gasteiger partial charge is 0.324 e. The molecule has 1 aliphatic carbocycles. The van der Waals surface area contributed by atoms with E-state index in [0.29, 0.717) is 18.2 Å². The fraction of sp³-hybridized carbons (Fsp3) is 0.250. The fourth-order valence-corrected chi connectivity index (χ4v) is 2.63. The third-order valence-electron chi connectivity index (χ3n) is 3.28. The second-order valence-corrected chi connectivity index (χ2v) is 6.22. The van der Waals surface area contributed by atoms with Gasteiger partial charge in [-0.25, -0.2) is 4.79 Å². The molecule has 1 aliphatic rings. The normalized spacial score (nSPS) is 13.5. The molecule has 2 aromatic rings. The van der Waals surface area contributed by atoms with Crippen LogP contribution in [0.2, 0.25) is 0 Å². The van der Waals surface area contributed by atoms with Crippen LogP contribution in [0.15, 0.2) is 41.8 Å². The first kappa shape index (κ1) is 14.6. The second kappa shape index (κ2) is 6.62. The Hall–Kier alpha value is -2.34. The third-order valence-corrected chi connectivity index (χ3v) is 4.06. The van der Waals surface area contributed by atoms with Crippen molar-refractivity contribution in [3.63, 3.8) is 0 Å². The van der Waals surface area contributed by atoms with Crippen LogP contribution in [0.4, 0.5) is 15.5 Å². The Kier molecular flexibility index (Phi) is 4.39. The van der Waals surface area contributed by atoms with Gasteiger partial charge >= 0.3 is 6.03 Å². The maximum atomic E-state index is 11.8. The first-order valence-corrected chi connectivity index (χ1v) is 8.07. The summed E-state index contributed by atoms with van der Waals surface area (Å²) in [6.07, 6.45) is 2.56. The highest BCUT2D eigenvalue weighted by molar-refractivity contribution is 7.14. The Bertz CT molecular complexity index is 649. The lowest BCUT2D eigenvalue weighted by atomic mass is 10.1. The van der Waals surface area contributed by atoms with E-state index < -0.39 is 0 Å². The Labute approximate surface area is 132 Å². The van der Waals surface area contributed by atoms with E-state index in [0.717, 1.165) is 23.4 Å². The average molecular weight is 315 g/mol. The molecule has 0 aliphatic heterocycles. The zero-order valence-electron chi connectivity index (χ0n) is 12.0. The molecule has 5 nitrogen and oxygen atoms in total. The first-order valence-electron chi connectivity index (χ1n) is 7.19. The van der Waals surface area contributed by atoms with Crippen molar-refractivity contribution >= 4 is 34.0 Å². The largest absolute Gasteiger partial charge is 0.353 e. The molecular formula is C16H17N3O2S. The van der Waals surface area contributed by atoms with Gasteiger partial charge in [-0.3, -0.25) is 10.1 Å². The van der Waals surface area contributed by atoms with Gasteiger partial charge in [0.2, 0.25) is 5.91 Å². The molecule has 0 radical (unpaired) electrons. The molecule has 0 saturated heterocycles. The van der Waals surface area contributed by atoms with Crippen molar-refractivity contribution < 1.29 is 9.59 Å². The number of urea groups is 1. The molecule has 1 heterocycles. The molecule has 3 amide bonds. The van der Waals surface area contributed by atoms with Crippen LogP contribution in [-0.4, -0.2) is 18.0 Å². The maximum Gasteiger partial charge on any atom is 0.324 e. The number of benzene rings is 1. The van der Waals surface area contributed by atoms with Crippen LogP contribution in [0.5, 0.6) is 0 Å². The van der Waals surface area contributed by atoms with Crippen molar-refractivity contribution in [3.8, 4) is 0 Å². The highest BCUT2D eigenvalue weighted by Crippen LogP contribution is 2.19. The summed E-state index contributed by atoms with van der Waals surface area (Å²) in [6, 6.07) is 11.1. The van der Waals surface area contributed by atoms with Gasteiger partial charge in [-0.2, -0.15) is 0 Å². The van der Waals surface area contributed by atoms with Crippen molar-refractivity contribution in [3.05, 3.63) is 47.3 Å². The van der Waals surface area contributed by atoms with Crippen LogP contribution >= 0.6 is 11.3 Å². The zero-order valence-corrected chi connectivity index (χ0v) is 12.8. The van der Waals surface area contributed by atoms with Gasteiger partial charge in [-0.15, -0.1) is 11.3 Å². The number of amides is 3. The lowest BCUT2D eigenvalue weighted by Gasteiger charge is -2.07. The van der Waals surface area contributed by atoms with E-state index in [1.54, 1.807) is 12.1 Å². The monoisotopic (exact) mass is 315 g/mol. The molecule has 6 heteroatoms. The van der Waals surface area contributed by atoms with Gasteiger partial charge in [0.1, 0.15) is 0 Å². The number of hydrogen-bond acceptors (Lipinski definition) is 3. The summed E-state index contributed by atoms with van der Waals surface area (Å²) in [5.41, 5.74) is 1.63. The van der Waals surface area contributed by atoms with Gasteiger partial charge in [0, 0.05) is 11.7 Å². The van der Waals surface area contributed by atoms with Gasteiger partial charge in [-0.1, -0.05) is 12.1 Å². The molecule has 1 aromatic heterocycles. The molecular weight excluding hydrogens is 298 g/mol. The molecule has 1 saturated carbocycles. The molecule has 1 aromatic carbocycles. The Morgan fingerprint density at radius 1 is 1.09 bits per heavy atom. The lowest BCUT2D eigenvalue weighted by Crippen LogP contribution is -2.26.